The van der Waals surface area contributed by atoms with E-state index in [1.807, 2.05) is 30.3 Å². The van der Waals surface area contributed by atoms with Crippen LogP contribution >= 0.6 is 0 Å². The average molecular weight is 350 g/mol. The number of aliphatic hydroxyl groups is 1. The van der Waals surface area contributed by atoms with Crippen molar-refractivity contribution < 1.29 is 19.4 Å². The molecular formula is C20H18N2O4. The van der Waals surface area contributed by atoms with Gasteiger partial charge >= 0.3 is 5.97 Å². The molecule has 1 aromatic heterocycles. The number of esters is 1. The van der Waals surface area contributed by atoms with Crippen LogP contribution in [0.1, 0.15) is 24.6 Å². The molecule has 1 amide bonds. The second kappa shape index (κ2) is 5.14. The Balaban J connectivity index is 1.69. The summed E-state index contributed by atoms with van der Waals surface area (Å²) in [5, 5.41) is 11.9. The highest BCUT2D eigenvalue weighted by atomic mass is 16.6. The van der Waals surface area contributed by atoms with E-state index >= 15 is 0 Å². The predicted molar refractivity (Wildman–Crippen MR) is 93.4 cm³/mol. The van der Waals surface area contributed by atoms with Crippen LogP contribution in [0.4, 0.5) is 0 Å². The van der Waals surface area contributed by atoms with Crippen molar-refractivity contribution in [2.24, 2.45) is 11.8 Å². The van der Waals surface area contributed by atoms with E-state index in [9.17, 15) is 14.7 Å². The summed E-state index contributed by atoms with van der Waals surface area (Å²) < 4.78 is 5.13. The fraction of sp³-hybridized carbons (Fsp3) is 0.350. The molecule has 0 bridgehead atoms. The molecule has 26 heavy (non-hydrogen) atoms. The molecule has 0 aliphatic carbocycles. The quantitative estimate of drug-likeness (QED) is 0.794. The van der Waals surface area contributed by atoms with E-state index in [0.717, 1.165) is 22.2 Å². The number of para-hydroxylation sites is 1. The fourth-order valence-corrected chi connectivity index (χ4v) is 4.34. The van der Waals surface area contributed by atoms with Gasteiger partial charge in [-0.25, -0.2) is 9.78 Å². The molecule has 1 saturated heterocycles. The molecule has 132 valence electrons. The first-order valence-corrected chi connectivity index (χ1v) is 8.85. The number of hydrogen-bond acceptors (Lipinski definition) is 5. The van der Waals surface area contributed by atoms with Crippen LogP contribution in [0.2, 0.25) is 0 Å². The van der Waals surface area contributed by atoms with Gasteiger partial charge in [-0.15, -0.1) is 0 Å². The molecule has 0 spiro atoms. The lowest BCUT2D eigenvalue weighted by Gasteiger charge is -2.44. The highest BCUT2D eigenvalue weighted by Crippen LogP contribution is 2.45. The minimum Gasteiger partial charge on any atom is -0.463 e. The maximum atomic E-state index is 13.1. The minimum atomic E-state index is -1.67. The maximum Gasteiger partial charge on any atom is 0.338 e. The zero-order chi connectivity index (χ0) is 18.1. The van der Waals surface area contributed by atoms with Crippen molar-refractivity contribution in [3.05, 3.63) is 47.7 Å². The first kappa shape index (κ1) is 15.5. The smallest absolute Gasteiger partial charge is 0.338 e. The van der Waals surface area contributed by atoms with Crippen LogP contribution in [-0.4, -0.2) is 39.1 Å². The lowest BCUT2D eigenvalue weighted by molar-refractivity contribution is -0.190. The molecule has 3 atom stereocenters. The number of rotatable bonds is 1. The summed E-state index contributed by atoms with van der Waals surface area (Å²) in [6.45, 7) is 2.20. The molecule has 6 nitrogen and oxygen atoms in total. The van der Waals surface area contributed by atoms with Crippen molar-refractivity contribution >= 4 is 28.5 Å². The number of aromatic nitrogens is 1. The molecule has 0 saturated carbocycles. The normalized spacial score (nSPS) is 29.8. The molecule has 6 heteroatoms. The summed E-state index contributed by atoms with van der Waals surface area (Å²) in [6.07, 6.45) is 2.05. The molecule has 2 unspecified atom stereocenters. The van der Waals surface area contributed by atoms with Crippen molar-refractivity contribution in [1.29, 1.82) is 0 Å². The van der Waals surface area contributed by atoms with E-state index in [1.54, 1.807) is 11.8 Å². The SMILES string of the molecule is CC[C@@]1(O)C(=O)OCC2C(=O)N3Cc4cc5ccccc5nc4C3=CC21. The molecule has 0 radical (unpaired) electrons. The van der Waals surface area contributed by atoms with Crippen LogP contribution in [0.5, 0.6) is 0 Å². The number of fused-ring (bicyclic) bond motifs is 5. The Hall–Kier alpha value is -2.73. The molecule has 3 aliphatic rings. The van der Waals surface area contributed by atoms with Crippen LogP contribution in [-0.2, 0) is 20.9 Å². The van der Waals surface area contributed by atoms with Crippen molar-refractivity contribution in [1.82, 2.24) is 9.88 Å². The monoisotopic (exact) mass is 350 g/mol. The van der Waals surface area contributed by atoms with Gasteiger partial charge in [0.25, 0.3) is 0 Å². The lowest BCUT2D eigenvalue weighted by atomic mass is 9.72. The molecular weight excluding hydrogens is 332 g/mol. The maximum absolute atomic E-state index is 13.1. The third kappa shape index (κ3) is 1.88. The van der Waals surface area contributed by atoms with E-state index in [4.69, 9.17) is 9.72 Å². The highest BCUT2D eigenvalue weighted by Gasteiger charge is 2.56. The number of pyridine rings is 1. The Morgan fingerprint density at radius 1 is 1.35 bits per heavy atom. The minimum absolute atomic E-state index is 0.0106. The van der Waals surface area contributed by atoms with Gasteiger partial charge in [-0.3, -0.25) is 4.79 Å². The van der Waals surface area contributed by atoms with Gasteiger partial charge < -0.3 is 14.7 Å². The fourth-order valence-electron chi connectivity index (χ4n) is 4.34. The van der Waals surface area contributed by atoms with Gasteiger partial charge in [0, 0.05) is 16.9 Å². The number of benzene rings is 1. The summed E-state index contributed by atoms with van der Waals surface area (Å²) in [5.41, 5.74) is 1.62. The Bertz CT molecular complexity index is 998. The van der Waals surface area contributed by atoms with Crippen LogP contribution < -0.4 is 0 Å². The average Bonchev–Trinajstić information content (AvgIpc) is 3.01. The number of cyclic esters (lactones) is 1. The molecule has 1 aromatic carbocycles. The predicted octanol–water partition coefficient (Wildman–Crippen LogP) is 1.86. The Kier molecular flexibility index (Phi) is 3.07. The van der Waals surface area contributed by atoms with Gasteiger partial charge in [0.2, 0.25) is 5.91 Å². The second-order valence-corrected chi connectivity index (χ2v) is 7.17. The Morgan fingerprint density at radius 2 is 2.15 bits per heavy atom. The molecule has 5 rings (SSSR count). The number of carbonyl (C=O) groups excluding carboxylic acids is 2. The van der Waals surface area contributed by atoms with Crippen molar-refractivity contribution in [2.75, 3.05) is 6.61 Å². The van der Waals surface area contributed by atoms with E-state index in [1.165, 1.54) is 0 Å². The van der Waals surface area contributed by atoms with Crippen LogP contribution in [0.25, 0.3) is 16.6 Å². The van der Waals surface area contributed by atoms with Gasteiger partial charge in [0.15, 0.2) is 5.60 Å². The largest absolute Gasteiger partial charge is 0.463 e. The van der Waals surface area contributed by atoms with Gasteiger partial charge in [0.1, 0.15) is 6.61 Å². The van der Waals surface area contributed by atoms with Crippen molar-refractivity contribution in [3.8, 4) is 0 Å². The summed E-state index contributed by atoms with van der Waals surface area (Å²) in [5.74, 6) is -1.91. The van der Waals surface area contributed by atoms with Gasteiger partial charge in [-0.2, -0.15) is 0 Å². The van der Waals surface area contributed by atoms with Gasteiger partial charge in [-0.05, 0) is 18.6 Å². The number of amides is 1. The van der Waals surface area contributed by atoms with Crippen molar-refractivity contribution in [3.63, 3.8) is 0 Å². The molecule has 1 fully saturated rings. The van der Waals surface area contributed by atoms with Crippen molar-refractivity contribution in [2.45, 2.75) is 25.5 Å². The number of carbonyl (C=O) groups is 2. The molecule has 3 aliphatic heterocycles. The van der Waals surface area contributed by atoms with Crippen LogP contribution in [0, 0.1) is 11.8 Å². The van der Waals surface area contributed by atoms with E-state index in [0.29, 0.717) is 12.2 Å². The van der Waals surface area contributed by atoms with Crippen LogP contribution in [0.3, 0.4) is 0 Å². The summed E-state index contributed by atoms with van der Waals surface area (Å²) in [4.78, 5) is 31.7. The van der Waals surface area contributed by atoms with Crippen LogP contribution in [0.15, 0.2) is 36.4 Å². The van der Waals surface area contributed by atoms with Gasteiger partial charge in [-0.1, -0.05) is 31.2 Å². The number of hydrogen-bond donors (Lipinski definition) is 1. The number of nitrogens with zero attached hydrogens (tertiary/aromatic N) is 2. The van der Waals surface area contributed by atoms with E-state index in [2.05, 4.69) is 6.07 Å². The summed E-state index contributed by atoms with van der Waals surface area (Å²) in [6, 6.07) is 9.88. The first-order chi connectivity index (χ1) is 12.5. The second-order valence-electron chi connectivity index (χ2n) is 7.17. The Labute approximate surface area is 150 Å². The lowest BCUT2D eigenvalue weighted by Crippen LogP contribution is -2.58. The van der Waals surface area contributed by atoms with E-state index < -0.39 is 23.4 Å². The summed E-state index contributed by atoms with van der Waals surface area (Å²) in [7, 11) is 0. The third-order valence-corrected chi connectivity index (χ3v) is 5.86. The van der Waals surface area contributed by atoms with E-state index in [-0.39, 0.29) is 18.9 Å². The molecule has 4 heterocycles. The third-order valence-electron chi connectivity index (χ3n) is 5.86. The topological polar surface area (TPSA) is 79.7 Å². The zero-order valence-electron chi connectivity index (χ0n) is 14.3. The Morgan fingerprint density at radius 3 is 2.96 bits per heavy atom. The standard InChI is InChI=1S/C20H18N2O4/c1-2-20(25)14-8-16-17-12(7-11-5-3-4-6-15(11)21-17)9-22(16)18(23)13(14)10-26-19(20)24/h3-8,13-14,25H,2,9-10H2,1H3/t13?,14?,20-/m0/s1. The zero-order valence-corrected chi connectivity index (χ0v) is 14.3. The molecule has 1 N–H and O–H groups in total. The summed E-state index contributed by atoms with van der Waals surface area (Å²) >= 11 is 0. The number of ether oxygens (including phenoxy) is 1. The first-order valence-electron chi connectivity index (χ1n) is 8.85. The molecule has 2 aromatic rings. The highest BCUT2D eigenvalue weighted by molar-refractivity contribution is 5.97. The van der Waals surface area contributed by atoms with Gasteiger partial charge in [0.05, 0.1) is 29.4 Å².